The zero-order valence-electron chi connectivity index (χ0n) is 42.2. The monoisotopic (exact) mass is 954 g/mol. The van der Waals surface area contributed by atoms with Gasteiger partial charge in [-0.15, -0.1) is 0 Å². The van der Waals surface area contributed by atoms with E-state index in [1.807, 2.05) is 0 Å². The van der Waals surface area contributed by atoms with E-state index in [1.165, 1.54) is 60.5 Å². The predicted molar refractivity (Wildman–Crippen MR) is 307 cm³/mol. The lowest BCUT2D eigenvalue weighted by atomic mass is 9.66. The van der Waals surface area contributed by atoms with Gasteiger partial charge in [0, 0.05) is 11.4 Å². The van der Waals surface area contributed by atoms with Gasteiger partial charge in [-0.2, -0.15) is 0 Å². The predicted octanol–water partition coefficient (Wildman–Crippen LogP) is 19.7. The summed E-state index contributed by atoms with van der Waals surface area (Å²) in [6.07, 6.45) is 0. The minimum absolute atomic E-state index is 0.450. The van der Waals surface area contributed by atoms with E-state index in [9.17, 15) is 0 Å². The summed E-state index contributed by atoms with van der Waals surface area (Å²) in [4.78, 5) is 4.67. The fourth-order valence-electron chi connectivity index (χ4n) is 12.1. The number of ether oxygens (including phenoxy) is 2. The molecular weight excluding hydrogens is 901 g/mol. The summed E-state index contributed by atoms with van der Waals surface area (Å²) in [5.74, 6) is 4.22. The molecule has 0 bridgehead atoms. The molecule has 3 aliphatic rings. The highest BCUT2D eigenvalue weighted by Gasteiger charge is 2.46. The molecule has 4 nitrogen and oxygen atoms in total. The summed E-state index contributed by atoms with van der Waals surface area (Å²) in [6.45, 7) is 11.1. The number of aryl methyl sites for hydroxylation is 1. The number of benzene rings is 11. The Labute approximate surface area is 433 Å². The van der Waals surface area contributed by atoms with Crippen molar-refractivity contribution in [3.05, 3.63) is 263 Å². The Balaban J connectivity index is 0.942. The van der Waals surface area contributed by atoms with Gasteiger partial charge in [0.15, 0.2) is 23.0 Å². The third kappa shape index (κ3) is 6.74. The van der Waals surface area contributed by atoms with Crippen LogP contribution in [-0.2, 0) is 5.41 Å². The Bertz CT molecular complexity index is 3800. The second-order valence-corrected chi connectivity index (χ2v) is 21.0. The van der Waals surface area contributed by atoms with Crippen molar-refractivity contribution in [3.63, 3.8) is 0 Å². The van der Waals surface area contributed by atoms with E-state index < -0.39 is 5.41 Å². The standard InChI is InChI=1S/C70H54N2O2/c1-43(2)46-23-31-56(32-24-46)71-60-15-9-11-17-64(60)73-66-41-48(27-35-62(66)71)52-37-50-21-22-51-38-53(40-59-69(51)68(50)58(39-52)70(59,54-13-7-6-8-14-54)55-29-19-45(5)20-30-55)49-28-36-63-67(42-49)74-65-18-12-10-16-61(65)72(63)57-33-25-47(26-34-57)44(3)4/h6-44H,1-5H3. The summed E-state index contributed by atoms with van der Waals surface area (Å²) in [5.41, 5.74) is 19.0. The van der Waals surface area contributed by atoms with Gasteiger partial charge in [0.05, 0.1) is 28.2 Å². The van der Waals surface area contributed by atoms with Gasteiger partial charge in [0.25, 0.3) is 0 Å². The lowest BCUT2D eigenvalue weighted by molar-refractivity contribution is 0.477. The van der Waals surface area contributed by atoms with Crippen LogP contribution in [0.4, 0.5) is 34.1 Å². The van der Waals surface area contributed by atoms with Crippen molar-refractivity contribution in [3.8, 4) is 45.3 Å². The molecule has 0 amide bonds. The maximum Gasteiger partial charge on any atom is 0.152 e. The molecule has 74 heavy (non-hydrogen) atoms. The van der Waals surface area contributed by atoms with E-state index in [1.54, 1.807) is 0 Å². The third-order valence-corrected chi connectivity index (χ3v) is 15.9. The summed E-state index contributed by atoms with van der Waals surface area (Å²) in [6, 6.07) is 82.9. The Morgan fingerprint density at radius 2 is 0.770 bits per heavy atom. The van der Waals surface area contributed by atoms with Crippen LogP contribution in [0.25, 0.3) is 43.8 Å². The first-order valence-electron chi connectivity index (χ1n) is 26.0. The molecule has 2 heterocycles. The zero-order valence-corrected chi connectivity index (χ0v) is 42.2. The van der Waals surface area contributed by atoms with Gasteiger partial charge in [0.1, 0.15) is 0 Å². The van der Waals surface area contributed by atoms with Gasteiger partial charge in [-0.05, 0) is 193 Å². The molecule has 11 aromatic rings. The number of anilines is 6. The first kappa shape index (κ1) is 43.9. The van der Waals surface area contributed by atoms with Crippen molar-refractivity contribution in [2.75, 3.05) is 9.80 Å². The molecule has 0 unspecified atom stereocenters. The number of hydrogen-bond acceptors (Lipinski definition) is 4. The number of para-hydroxylation sites is 4. The molecule has 356 valence electrons. The Kier molecular flexibility index (Phi) is 10.0. The fraction of sp³-hybridized carbons (Fsp3) is 0.114. The van der Waals surface area contributed by atoms with Crippen molar-refractivity contribution in [1.29, 1.82) is 0 Å². The average molecular weight is 955 g/mol. The molecule has 14 rings (SSSR count). The number of nitrogens with zero attached hydrogens (tertiary/aromatic N) is 2. The Morgan fingerprint density at radius 3 is 1.23 bits per heavy atom. The molecule has 0 aromatic heterocycles. The van der Waals surface area contributed by atoms with Crippen molar-refractivity contribution in [1.82, 2.24) is 0 Å². The van der Waals surface area contributed by atoms with Crippen LogP contribution in [0.5, 0.6) is 23.0 Å². The lowest BCUT2D eigenvalue weighted by Crippen LogP contribution is -2.29. The first-order valence-corrected chi connectivity index (χ1v) is 26.0. The third-order valence-electron chi connectivity index (χ3n) is 15.9. The molecular formula is C70H54N2O2. The lowest BCUT2D eigenvalue weighted by Gasteiger charge is -2.35. The topological polar surface area (TPSA) is 24.9 Å². The zero-order chi connectivity index (χ0) is 49.8. The van der Waals surface area contributed by atoms with E-state index in [4.69, 9.17) is 9.47 Å². The minimum atomic E-state index is -0.646. The minimum Gasteiger partial charge on any atom is -0.453 e. The van der Waals surface area contributed by atoms with Crippen LogP contribution in [0.15, 0.2) is 224 Å². The van der Waals surface area contributed by atoms with Crippen molar-refractivity contribution >= 4 is 55.7 Å². The molecule has 1 aliphatic carbocycles. The highest BCUT2D eigenvalue weighted by atomic mass is 16.5. The molecule has 4 heteroatoms. The molecule has 0 N–H and O–H groups in total. The van der Waals surface area contributed by atoms with Crippen molar-refractivity contribution < 1.29 is 9.47 Å². The van der Waals surface area contributed by atoms with Gasteiger partial charge in [0.2, 0.25) is 0 Å². The van der Waals surface area contributed by atoms with Crippen LogP contribution in [0.3, 0.4) is 0 Å². The van der Waals surface area contributed by atoms with E-state index >= 15 is 0 Å². The summed E-state index contributed by atoms with van der Waals surface area (Å²) in [7, 11) is 0. The summed E-state index contributed by atoms with van der Waals surface area (Å²) in [5, 5.41) is 5.01. The SMILES string of the molecule is Cc1ccc(C2(c3ccccc3)c3cc(-c4ccc5c(c4)Oc4ccccc4N5c4ccc(C(C)C)cc4)cc4ccc5cc(-c6ccc7c(c6)Oc6ccccc6N7c6ccc(C(C)C)cc6)cc2c5c34)cc1. The normalized spacial score (nSPS) is 13.7. The van der Waals surface area contributed by atoms with E-state index in [0.717, 1.165) is 79.4 Å². The van der Waals surface area contributed by atoms with Crippen LogP contribution >= 0.6 is 0 Å². The maximum absolute atomic E-state index is 6.83. The maximum atomic E-state index is 6.83. The van der Waals surface area contributed by atoms with Crippen molar-refractivity contribution in [2.24, 2.45) is 0 Å². The second kappa shape index (κ2) is 16.9. The van der Waals surface area contributed by atoms with Crippen LogP contribution in [0.1, 0.15) is 78.5 Å². The smallest absolute Gasteiger partial charge is 0.152 e. The summed E-state index contributed by atoms with van der Waals surface area (Å²) >= 11 is 0. The van der Waals surface area contributed by atoms with Crippen LogP contribution in [-0.4, -0.2) is 0 Å². The quantitative estimate of drug-likeness (QED) is 0.142. The second-order valence-electron chi connectivity index (χ2n) is 21.0. The number of hydrogen-bond donors (Lipinski definition) is 0. The van der Waals surface area contributed by atoms with Crippen molar-refractivity contribution in [2.45, 2.75) is 51.9 Å². The fourth-order valence-corrected chi connectivity index (χ4v) is 12.1. The van der Waals surface area contributed by atoms with Crippen LogP contribution in [0, 0.1) is 6.92 Å². The highest BCUT2D eigenvalue weighted by molar-refractivity contribution is 6.18. The molecule has 0 radical (unpaired) electrons. The largest absolute Gasteiger partial charge is 0.453 e. The number of fused-ring (bicyclic) bond motifs is 4. The van der Waals surface area contributed by atoms with Crippen LogP contribution < -0.4 is 19.3 Å². The molecule has 0 spiro atoms. The number of rotatable bonds is 8. The van der Waals surface area contributed by atoms with E-state index in [-0.39, 0.29) is 0 Å². The molecule has 0 saturated carbocycles. The van der Waals surface area contributed by atoms with Gasteiger partial charge < -0.3 is 19.3 Å². The summed E-state index contributed by atoms with van der Waals surface area (Å²) < 4.78 is 13.7. The van der Waals surface area contributed by atoms with E-state index in [0.29, 0.717) is 11.8 Å². The molecule has 0 saturated heterocycles. The first-order chi connectivity index (χ1) is 36.2. The highest BCUT2D eigenvalue weighted by Crippen LogP contribution is 2.59. The van der Waals surface area contributed by atoms with Gasteiger partial charge >= 0.3 is 0 Å². The Morgan fingerprint density at radius 1 is 0.351 bits per heavy atom. The Hall–Kier alpha value is -8.86. The van der Waals surface area contributed by atoms with Crippen LogP contribution in [0.2, 0.25) is 0 Å². The molecule has 2 aliphatic heterocycles. The molecule has 0 atom stereocenters. The van der Waals surface area contributed by atoms with Gasteiger partial charge in [-0.1, -0.05) is 161 Å². The average Bonchev–Trinajstić information content (AvgIpc) is 3.92. The van der Waals surface area contributed by atoms with E-state index in [2.05, 4.69) is 269 Å². The van der Waals surface area contributed by atoms with Gasteiger partial charge in [-0.3, -0.25) is 0 Å². The van der Waals surface area contributed by atoms with Gasteiger partial charge in [-0.25, -0.2) is 0 Å². The molecule has 11 aromatic carbocycles. The molecule has 0 fully saturated rings.